The molecule has 1 fully saturated rings. The minimum atomic E-state index is -0.459. The lowest BCUT2D eigenvalue weighted by atomic mass is 9.99. The first-order valence-corrected chi connectivity index (χ1v) is 8.40. The van der Waals surface area contributed by atoms with Crippen LogP contribution in [0.25, 0.3) is 0 Å². The quantitative estimate of drug-likeness (QED) is 0.481. The number of nitrogens with two attached hydrogens (primary N) is 1. The first-order valence-electron chi connectivity index (χ1n) is 7.52. The summed E-state index contributed by atoms with van der Waals surface area (Å²) >= 11 is 1.51. The summed E-state index contributed by atoms with van der Waals surface area (Å²) in [7, 11) is 0. The number of thioether (sulfide) groups is 1. The van der Waals surface area contributed by atoms with Gasteiger partial charge in [0.25, 0.3) is 5.69 Å². The summed E-state index contributed by atoms with van der Waals surface area (Å²) in [5, 5.41) is 14.7. The second-order valence-electron chi connectivity index (χ2n) is 5.83. The molecular weight excluding hydrogens is 352 g/mol. The van der Waals surface area contributed by atoms with Gasteiger partial charge in [-0.05, 0) is 31.9 Å². The summed E-state index contributed by atoms with van der Waals surface area (Å²) in [6, 6.07) is 6.42. The zero-order valence-electron chi connectivity index (χ0n) is 13.2. The minimum absolute atomic E-state index is 0. The van der Waals surface area contributed by atoms with E-state index in [4.69, 9.17) is 10.3 Å². The Labute approximate surface area is 149 Å². The number of benzene rings is 1. The maximum Gasteiger partial charge on any atom is 0.269 e. The van der Waals surface area contributed by atoms with Gasteiger partial charge in [-0.1, -0.05) is 18.0 Å². The number of aromatic nitrogens is 2. The first kappa shape index (κ1) is 18.7. The highest BCUT2D eigenvalue weighted by Gasteiger charge is 2.36. The van der Waals surface area contributed by atoms with Gasteiger partial charge in [0.1, 0.15) is 0 Å². The van der Waals surface area contributed by atoms with Crippen molar-refractivity contribution >= 4 is 29.9 Å². The smallest absolute Gasteiger partial charge is 0.269 e. The summed E-state index contributed by atoms with van der Waals surface area (Å²) in [5.74, 6) is 1.11. The highest BCUT2D eigenvalue weighted by molar-refractivity contribution is 7.99. The molecule has 0 spiro atoms. The van der Waals surface area contributed by atoms with Gasteiger partial charge < -0.3 is 10.3 Å². The number of rotatable bonds is 5. The van der Waals surface area contributed by atoms with Crippen LogP contribution in [-0.2, 0) is 5.54 Å². The molecule has 2 N–H and O–H groups in total. The molecule has 0 amide bonds. The van der Waals surface area contributed by atoms with E-state index in [1.807, 2.05) is 6.92 Å². The molecule has 1 aliphatic carbocycles. The van der Waals surface area contributed by atoms with E-state index in [1.165, 1.54) is 23.9 Å². The van der Waals surface area contributed by atoms with Crippen LogP contribution in [0, 0.1) is 10.1 Å². The van der Waals surface area contributed by atoms with Crippen LogP contribution in [0.15, 0.2) is 33.7 Å². The maximum atomic E-state index is 10.7. The van der Waals surface area contributed by atoms with Crippen molar-refractivity contribution < 1.29 is 9.45 Å². The van der Waals surface area contributed by atoms with Gasteiger partial charge >= 0.3 is 0 Å². The van der Waals surface area contributed by atoms with Crippen LogP contribution >= 0.6 is 24.2 Å². The fourth-order valence-electron chi connectivity index (χ4n) is 2.73. The molecule has 1 atom stereocenters. The Balaban J connectivity index is 0.00000208. The fourth-order valence-corrected chi connectivity index (χ4v) is 3.63. The Hall–Kier alpha value is -1.64. The third-order valence-corrected chi connectivity index (χ3v) is 5.19. The van der Waals surface area contributed by atoms with Gasteiger partial charge in [-0.2, -0.15) is 4.98 Å². The van der Waals surface area contributed by atoms with E-state index in [0.29, 0.717) is 11.7 Å². The van der Waals surface area contributed by atoms with E-state index in [-0.39, 0.29) is 23.3 Å². The molecule has 1 aromatic carbocycles. The standard InChI is InChI=1S/C15H18N4O3S.ClH/c1-10(23-12-6-4-11(5-7-12)19(20)21)13-17-14(18-22-13)15(16)8-2-3-9-15;/h4-7,10H,2-3,8-9,16H2,1H3;1H. The van der Waals surface area contributed by atoms with Crippen LogP contribution in [0.2, 0.25) is 0 Å². The highest BCUT2D eigenvalue weighted by Crippen LogP contribution is 2.38. The Morgan fingerprint density at radius 1 is 1.33 bits per heavy atom. The van der Waals surface area contributed by atoms with E-state index in [2.05, 4.69) is 10.1 Å². The average molecular weight is 371 g/mol. The lowest BCUT2D eigenvalue weighted by Gasteiger charge is -2.17. The summed E-state index contributed by atoms with van der Waals surface area (Å²) in [4.78, 5) is 15.6. The van der Waals surface area contributed by atoms with Crippen molar-refractivity contribution in [3.8, 4) is 0 Å². The molecule has 1 unspecified atom stereocenters. The molecule has 0 saturated heterocycles. The van der Waals surface area contributed by atoms with Gasteiger partial charge in [0.2, 0.25) is 5.89 Å². The molecule has 24 heavy (non-hydrogen) atoms. The van der Waals surface area contributed by atoms with Crippen molar-refractivity contribution in [1.29, 1.82) is 0 Å². The zero-order valence-corrected chi connectivity index (χ0v) is 14.8. The predicted molar refractivity (Wildman–Crippen MR) is 93.2 cm³/mol. The van der Waals surface area contributed by atoms with Crippen LogP contribution in [0.3, 0.4) is 0 Å². The van der Waals surface area contributed by atoms with Crippen LogP contribution < -0.4 is 5.73 Å². The van der Waals surface area contributed by atoms with Gasteiger partial charge in [0.15, 0.2) is 5.82 Å². The number of hydrogen-bond acceptors (Lipinski definition) is 7. The number of nitro benzene ring substituents is 1. The van der Waals surface area contributed by atoms with Crippen molar-refractivity contribution in [3.63, 3.8) is 0 Å². The largest absolute Gasteiger partial charge is 0.338 e. The lowest BCUT2D eigenvalue weighted by Crippen LogP contribution is -2.34. The molecule has 3 rings (SSSR count). The molecule has 0 radical (unpaired) electrons. The van der Waals surface area contributed by atoms with E-state index < -0.39 is 10.5 Å². The predicted octanol–water partition coefficient (Wildman–Crippen LogP) is 3.98. The van der Waals surface area contributed by atoms with Crippen molar-refractivity contribution in [2.24, 2.45) is 5.73 Å². The summed E-state index contributed by atoms with van der Waals surface area (Å²) in [5.41, 5.74) is 5.95. The number of nitrogens with zero attached hydrogens (tertiary/aromatic N) is 3. The third-order valence-electron chi connectivity index (χ3n) is 4.09. The molecular formula is C15H19ClN4O3S. The molecule has 1 saturated carbocycles. The summed E-state index contributed by atoms with van der Waals surface area (Å²) in [6.07, 6.45) is 3.95. The maximum absolute atomic E-state index is 10.7. The van der Waals surface area contributed by atoms with E-state index in [0.717, 1.165) is 30.6 Å². The van der Waals surface area contributed by atoms with Crippen LogP contribution in [0.5, 0.6) is 0 Å². The average Bonchev–Trinajstić information content (AvgIpc) is 3.17. The SMILES string of the molecule is CC(Sc1ccc([N+](=O)[O-])cc1)c1nc(C2(N)CCCC2)no1.Cl. The molecule has 1 heterocycles. The normalized spacial score (nSPS) is 17.2. The van der Waals surface area contributed by atoms with Crippen molar-refractivity contribution in [1.82, 2.24) is 10.1 Å². The monoisotopic (exact) mass is 370 g/mol. The van der Waals surface area contributed by atoms with E-state index in [1.54, 1.807) is 12.1 Å². The topological polar surface area (TPSA) is 108 Å². The van der Waals surface area contributed by atoms with Crippen LogP contribution in [-0.4, -0.2) is 15.1 Å². The van der Waals surface area contributed by atoms with Crippen LogP contribution in [0.4, 0.5) is 5.69 Å². The molecule has 0 bridgehead atoms. The third kappa shape index (κ3) is 3.88. The molecule has 1 aromatic heterocycles. The Kier molecular flexibility index (Phi) is 5.84. The Bertz CT molecular complexity index is 701. The molecule has 0 aliphatic heterocycles. The number of nitro groups is 1. The van der Waals surface area contributed by atoms with Crippen molar-refractivity contribution in [2.45, 2.75) is 48.3 Å². The highest BCUT2D eigenvalue weighted by atomic mass is 35.5. The van der Waals surface area contributed by atoms with E-state index in [9.17, 15) is 10.1 Å². The van der Waals surface area contributed by atoms with Gasteiger partial charge in [-0.3, -0.25) is 10.1 Å². The number of hydrogen-bond donors (Lipinski definition) is 1. The number of halogens is 1. The molecule has 130 valence electrons. The summed E-state index contributed by atoms with van der Waals surface area (Å²) in [6.45, 7) is 1.96. The van der Waals surface area contributed by atoms with Crippen molar-refractivity contribution in [2.75, 3.05) is 0 Å². The number of non-ortho nitro benzene ring substituents is 1. The molecule has 2 aromatic rings. The van der Waals surface area contributed by atoms with Crippen LogP contribution in [0.1, 0.15) is 49.6 Å². The van der Waals surface area contributed by atoms with Crippen molar-refractivity contribution in [3.05, 3.63) is 46.1 Å². The van der Waals surface area contributed by atoms with Gasteiger partial charge in [-0.15, -0.1) is 24.2 Å². The Morgan fingerprint density at radius 2 is 1.96 bits per heavy atom. The fraction of sp³-hybridized carbons (Fsp3) is 0.467. The van der Waals surface area contributed by atoms with E-state index >= 15 is 0 Å². The first-order chi connectivity index (χ1) is 11.0. The van der Waals surface area contributed by atoms with Gasteiger partial charge in [0, 0.05) is 17.0 Å². The second kappa shape index (κ2) is 7.50. The second-order valence-corrected chi connectivity index (χ2v) is 7.24. The molecule has 9 heteroatoms. The van der Waals surface area contributed by atoms with Gasteiger partial charge in [0.05, 0.1) is 15.7 Å². The Morgan fingerprint density at radius 3 is 2.54 bits per heavy atom. The molecule has 7 nitrogen and oxygen atoms in total. The summed E-state index contributed by atoms with van der Waals surface area (Å²) < 4.78 is 5.37. The zero-order chi connectivity index (χ0) is 16.4. The lowest BCUT2D eigenvalue weighted by molar-refractivity contribution is -0.384. The van der Waals surface area contributed by atoms with Gasteiger partial charge in [-0.25, -0.2) is 0 Å². The molecule has 1 aliphatic rings. The minimum Gasteiger partial charge on any atom is -0.338 e.